The van der Waals surface area contributed by atoms with Gasteiger partial charge in [0, 0.05) is 44.5 Å². The van der Waals surface area contributed by atoms with E-state index in [1.54, 1.807) is 26.0 Å². The summed E-state index contributed by atoms with van der Waals surface area (Å²) in [4.78, 5) is 65.7. The molecule has 1 aliphatic heterocycles. The summed E-state index contributed by atoms with van der Waals surface area (Å²) < 4.78 is 2.62. The van der Waals surface area contributed by atoms with Gasteiger partial charge < -0.3 is 15.5 Å². The van der Waals surface area contributed by atoms with Crippen LogP contribution >= 0.6 is 11.6 Å². The predicted octanol–water partition coefficient (Wildman–Crippen LogP) is 2.40. The lowest BCUT2D eigenvalue weighted by Gasteiger charge is -2.18. The standard InChI is InChI=1S/C27H27ClN6O5/c1-4-33-23-9-8-17(10-19(23)26(38)34(5-2)27(33)39)30-24(36)20-13-32(15(3)35)14-21(20)25(37)31-18-7-6-16(12-29)22(28)11-18/h6-11,20-21H,4-5,13-14H2,1-3H3,(H,30,36)(H,31,37). The fourth-order valence-electron chi connectivity index (χ4n) is 4.83. The van der Waals surface area contributed by atoms with Crippen molar-refractivity contribution >= 4 is 51.6 Å². The average molecular weight is 551 g/mol. The molecule has 3 amide bonds. The first kappa shape index (κ1) is 27.6. The molecule has 2 aromatic carbocycles. The number of rotatable bonds is 6. The third-order valence-electron chi connectivity index (χ3n) is 6.92. The molecule has 0 aliphatic carbocycles. The first-order valence-corrected chi connectivity index (χ1v) is 12.8. The van der Waals surface area contributed by atoms with Crippen molar-refractivity contribution in [2.75, 3.05) is 23.7 Å². The Kier molecular flexibility index (Phi) is 7.88. The smallest absolute Gasteiger partial charge is 0.331 e. The second-order valence-corrected chi connectivity index (χ2v) is 9.64. The number of fused-ring (bicyclic) bond motifs is 1. The Morgan fingerprint density at radius 3 is 2.03 bits per heavy atom. The zero-order valence-corrected chi connectivity index (χ0v) is 22.4. The van der Waals surface area contributed by atoms with E-state index in [2.05, 4.69) is 10.6 Å². The van der Waals surface area contributed by atoms with Crippen molar-refractivity contribution in [1.82, 2.24) is 14.0 Å². The molecule has 2 heterocycles. The number of carbonyl (C=O) groups is 3. The van der Waals surface area contributed by atoms with E-state index in [9.17, 15) is 24.0 Å². The van der Waals surface area contributed by atoms with Gasteiger partial charge in [-0.05, 0) is 50.2 Å². The molecule has 1 aliphatic rings. The first-order valence-electron chi connectivity index (χ1n) is 12.4. The van der Waals surface area contributed by atoms with Gasteiger partial charge in [0.15, 0.2) is 0 Å². The molecule has 1 saturated heterocycles. The highest BCUT2D eigenvalue weighted by Crippen LogP contribution is 2.28. The Labute approximate surface area is 228 Å². The number of nitrogens with one attached hydrogen (secondary N) is 2. The molecular formula is C27H27ClN6O5. The molecule has 2 unspecified atom stereocenters. The topological polar surface area (TPSA) is 146 Å². The number of carbonyl (C=O) groups excluding carboxylic acids is 3. The second-order valence-electron chi connectivity index (χ2n) is 9.23. The van der Waals surface area contributed by atoms with E-state index in [0.717, 1.165) is 4.57 Å². The summed E-state index contributed by atoms with van der Waals surface area (Å²) in [6, 6.07) is 11.1. The lowest BCUT2D eigenvalue weighted by molar-refractivity contribution is -0.128. The van der Waals surface area contributed by atoms with Crippen molar-refractivity contribution in [3.63, 3.8) is 0 Å². The van der Waals surface area contributed by atoms with Crippen molar-refractivity contribution in [2.24, 2.45) is 11.8 Å². The van der Waals surface area contributed by atoms with Crippen molar-refractivity contribution in [2.45, 2.75) is 33.9 Å². The minimum absolute atomic E-state index is 0.0407. The number of hydrogen-bond acceptors (Lipinski definition) is 6. The molecule has 1 aromatic heterocycles. The van der Waals surface area contributed by atoms with Gasteiger partial charge in [0.25, 0.3) is 5.56 Å². The van der Waals surface area contributed by atoms with Crippen molar-refractivity contribution in [3.05, 3.63) is 67.8 Å². The molecule has 2 atom stereocenters. The Bertz CT molecular complexity index is 1650. The third-order valence-corrected chi connectivity index (χ3v) is 7.23. The zero-order chi connectivity index (χ0) is 28.4. The van der Waals surface area contributed by atoms with Crippen LogP contribution in [0.2, 0.25) is 5.02 Å². The van der Waals surface area contributed by atoms with Crippen LogP contribution in [0, 0.1) is 23.2 Å². The maximum absolute atomic E-state index is 13.4. The Morgan fingerprint density at radius 2 is 1.51 bits per heavy atom. The van der Waals surface area contributed by atoms with E-state index < -0.39 is 34.9 Å². The quantitative estimate of drug-likeness (QED) is 0.482. The molecule has 39 heavy (non-hydrogen) atoms. The molecule has 3 aromatic rings. The van der Waals surface area contributed by atoms with Crippen LogP contribution in [0.15, 0.2) is 46.0 Å². The van der Waals surface area contributed by atoms with Crippen molar-refractivity contribution in [3.8, 4) is 6.07 Å². The minimum Gasteiger partial charge on any atom is -0.341 e. The van der Waals surface area contributed by atoms with Crippen LogP contribution in [0.25, 0.3) is 10.9 Å². The van der Waals surface area contributed by atoms with Gasteiger partial charge in [-0.15, -0.1) is 0 Å². The van der Waals surface area contributed by atoms with Crippen LogP contribution in [0.5, 0.6) is 0 Å². The maximum atomic E-state index is 13.4. The third kappa shape index (κ3) is 5.28. The van der Waals surface area contributed by atoms with Gasteiger partial charge in [0.05, 0.1) is 33.3 Å². The van der Waals surface area contributed by atoms with E-state index in [4.69, 9.17) is 16.9 Å². The summed E-state index contributed by atoms with van der Waals surface area (Å²) in [5.74, 6) is -2.96. The maximum Gasteiger partial charge on any atom is 0.331 e. The molecule has 1 fully saturated rings. The number of nitriles is 1. The number of aromatic nitrogens is 2. The number of anilines is 2. The highest BCUT2D eigenvalue weighted by Gasteiger charge is 2.43. The number of hydrogen-bond donors (Lipinski definition) is 2. The van der Waals surface area contributed by atoms with Crippen LogP contribution < -0.4 is 21.9 Å². The van der Waals surface area contributed by atoms with Crippen LogP contribution in [-0.2, 0) is 27.5 Å². The van der Waals surface area contributed by atoms with Gasteiger partial charge in [-0.1, -0.05) is 11.6 Å². The van der Waals surface area contributed by atoms with E-state index in [-0.39, 0.29) is 41.5 Å². The number of benzene rings is 2. The van der Waals surface area contributed by atoms with Gasteiger partial charge in [0.2, 0.25) is 17.7 Å². The Balaban J connectivity index is 1.62. The van der Waals surface area contributed by atoms with Crippen LogP contribution in [-0.4, -0.2) is 44.8 Å². The number of halogens is 1. The summed E-state index contributed by atoms with van der Waals surface area (Å²) in [6.45, 7) is 5.53. The number of likely N-dealkylation sites (tertiary alicyclic amines) is 1. The molecular weight excluding hydrogens is 524 g/mol. The Hall–Kier alpha value is -4.43. The van der Waals surface area contributed by atoms with Gasteiger partial charge in [-0.25, -0.2) is 4.79 Å². The first-order chi connectivity index (χ1) is 18.6. The highest BCUT2D eigenvalue weighted by molar-refractivity contribution is 6.32. The van der Waals surface area contributed by atoms with Gasteiger partial charge in [-0.3, -0.25) is 28.3 Å². The second kappa shape index (κ2) is 11.1. The molecule has 202 valence electrons. The molecule has 0 saturated carbocycles. The summed E-state index contributed by atoms with van der Waals surface area (Å²) in [6.07, 6.45) is 0. The number of amides is 3. The predicted molar refractivity (Wildman–Crippen MR) is 146 cm³/mol. The highest BCUT2D eigenvalue weighted by atomic mass is 35.5. The Morgan fingerprint density at radius 1 is 0.949 bits per heavy atom. The molecule has 0 spiro atoms. The lowest BCUT2D eigenvalue weighted by Crippen LogP contribution is -2.39. The average Bonchev–Trinajstić information content (AvgIpc) is 3.36. The van der Waals surface area contributed by atoms with Crippen molar-refractivity contribution < 1.29 is 14.4 Å². The number of aryl methyl sites for hydroxylation is 1. The fraction of sp³-hybridized carbons (Fsp3) is 0.333. The summed E-state index contributed by atoms with van der Waals surface area (Å²) in [5, 5.41) is 15.0. The zero-order valence-electron chi connectivity index (χ0n) is 21.7. The van der Waals surface area contributed by atoms with Gasteiger partial charge >= 0.3 is 5.69 Å². The van der Waals surface area contributed by atoms with E-state index >= 15 is 0 Å². The normalized spacial score (nSPS) is 16.6. The largest absolute Gasteiger partial charge is 0.341 e. The lowest BCUT2D eigenvalue weighted by atomic mass is 9.94. The van der Waals surface area contributed by atoms with Crippen LogP contribution in [0.4, 0.5) is 11.4 Å². The summed E-state index contributed by atoms with van der Waals surface area (Å²) in [7, 11) is 0. The molecule has 2 N–H and O–H groups in total. The molecule has 12 heteroatoms. The SMILES string of the molecule is CCn1c(=O)c2cc(NC(=O)C3CN(C(C)=O)CC3C(=O)Nc3ccc(C#N)c(Cl)c3)ccc2n(CC)c1=O. The summed E-state index contributed by atoms with van der Waals surface area (Å²) >= 11 is 6.07. The van der Waals surface area contributed by atoms with Crippen LogP contribution in [0.1, 0.15) is 26.3 Å². The summed E-state index contributed by atoms with van der Waals surface area (Å²) in [5.41, 5.74) is 0.535. The fourth-order valence-corrected chi connectivity index (χ4v) is 5.05. The molecule has 0 bridgehead atoms. The van der Waals surface area contributed by atoms with Gasteiger partial charge in [0.1, 0.15) is 6.07 Å². The molecule has 4 rings (SSSR count). The van der Waals surface area contributed by atoms with E-state index in [1.807, 2.05) is 6.07 Å². The monoisotopic (exact) mass is 550 g/mol. The minimum atomic E-state index is -0.865. The van der Waals surface area contributed by atoms with Crippen LogP contribution in [0.3, 0.4) is 0 Å². The number of nitrogens with zero attached hydrogens (tertiary/aromatic N) is 4. The molecule has 11 nitrogen and oxygen atoms in total. The van der Waals surface area contributed by atoms with Gasteiger partial charge in [-0.2, -0.15) is 5.26 Å². The van der Waals surface area contributed by atoms with E-state index in [1.165, 1.54) is 40.7 Å². The van der Waals surface area contributed by atoms with E-state index in [0.29, 0.717) is 23.4 Å². The van der Waals surface area contributed by atoms with Crippen molar-refractivity contribution in [1.29, 1.82) is 5.26 Å². The molecule has 0 radical (unpaired) electrons.